The molecular formula is C5H7NO3S. The zero-order valence-electron chi connectivity index (χ0n) is 5.37. The molecule has 0 aromatic carbocycles. The molecule has 0 radical (unpaired) electrons. The standard InChI is InChI=1S/C5H7N.O3S/c1-5-3-2-4-6-5;1-4(2)3/h2-4,6H,1H3;. The molecule has 0 bridgehead atoms. The summed E-state index contributed by atoms with van der Waals surface area (Å²) in [4.78, 5) is 3.00. The first kappa shape index (κ1) is 8.90. The molecule has 0 amide bonds. The number of nitrogens with one attached hydrogen (secondary N) is 1. The maximum absolute atomic E-state index is 8.44. The van der Waals surface area contributed by atoms with Crippen LogP contribution in [-0.2, 0) is 10.6 Å². The molecule has 0 fully saturated rings. The van der Waals surface area contributed by atoms with Crippen LogP contribution in [0.3, 0.4) is 0 Å². The maximum atomic E-state index is 8.44. The van der Waals surface area contributed by atoms with Crippen LogP contribution in [0.1, 0.15) is 5.69 Å². The summed E-state index contributed by atoms with van der Waals surface area (Å²) in [5.74, 6) is 0. The van der Waals surface area contributed by atoms with Crippen LogP contribution in [0.15, 0.2) is 18.3 Å². The van der Waals surface area contributed by atoms with Crippen molar-refractivity contribution in [2.75, 3.05) is 0 Å². The number of H-pyrrole nitrogens is 1. The van der Waals surface area contributed by atoms with Gasteiger partial charge in [-0.1, -0.05) is 0 Å². The molecule has 0 saturated carbocycles. The molecule has 1 aromatic rings. The summed E-state index contributed by atoms with van der Waals surface area (Å²) >= 11 is 0. The van der Waals surface area contributed by atoms with Gasteiger partial charge in [0.05, 0.1) is 0 Å². The number of aryl methyl sites for hydroxylation is 1. The molecule has 1 aromatic heterocycles. The fourth-order valence-electron chi connectivity index (χ4n) is 0.420. The molecule has 4 nitrogen and oxygen atoms in total. The van der Waals surface area contributed by atoms with Crippen molar-refractivity contribution in [2.24, 2.45) is 0 Å². The number of hydrogen-bond donors (Lipinski definition) is 1. The Balaban J connectivity index is 0.000000180. The molecule has 10 heavy (non-hydrogen) atoms. The van der Waals surface area contributed by atoms with Crippen LogP contribution in [-0.4, -0.2) is 17.6 Å². The second-order valence-corrected chi connectivity index (χ2v) is 1.97. The van der Waals surface area contributed by atoms with Gasteiger partial charge in [0.2, 0.25) is 0 Å². The third kappa shape index (κ3) is 6.90. The Hall–Kier alpha value is -1.10. The first-order chi connectivity index (χ1) is 4.63. The Morgan fingerprint density at radius 2 is 1.90 bits per heavy atom. The largest absolute Gasteiger partial charge is 0.425 e. The number of rotatable bonds is 0. The van der Waals surface area contributed by atoms with E-state index in [-0.39, 0.29) is 0 Å². The summed E-state index contributed by atoms with van der Waals surface area (Å²) in [6.45, 7) is 2.03. The minimum Gasteiger partial charge on any atom is -0.365 e. The summed E-state index contributed by atoms with van der Waals surface area (Å²) in [5.41, 5.74) is 1.22. The Labute approximate surface area is 60.0 Å². The second-order valence-electron chi connectivity index (χ2n) is 1.56. The Morgan fingerprint density at radius 3 is 2.00 bits per heavy atom. The van der Waals surface area contributed by atoms with Gasteiger partial charge >= 0.3 is 10.6 Å². The molecule has 0 atom stereocenters. The third-order valence-corrected chi connectivity index (χ3v) is 0.753. The molecule has 0 aliphatic rings. The van der Waals surface area contributed by atoms with Crippen LogP contribution in [0.5, 0.6) is 0 Å². The van der Waals surface area contributed by atoms with Crippen molar-refractivity contribution in [3.05, 3.63) is 24.0 Å². The van der Waals surface area contributed by atoms with Crippen molar-refractivity contribution in [2.45, 2.75) is 6.92 Å². The van der Waals surface area contributed by atoms with E-state index in [1.54, 1.807) is 0 Å². The second kappa shape index (κ2) is 4.75. The van der Waals surface area contributed by atoms with E-state index >= 15 is 0 Å². The van der Waals surface area contributed by atoms with E-state index in [1.165, 1.54) is 5.69 Å². The Bertz CT molecular complexity index is 252. The van der Waals surface area contributed by atoms with Crippen molar-refractivity contribution < 1.29 is 12.6 Å². The highest BCUT2D eigenvalue weighted by molar-refractivity contribution is 7.59. The SMILES string of the molecule is Cc1ccc[nH]1.O=S(=O)=O. The summed E-state index contributed by atoms with van der Waals surface area (Å²) in [6.07, 6.45) is 1.91. The lowest BCUT2D eigenvalue weighted by Crippen LogP contribution is -1.59. The quantitative estimate of drug-likeness (QED) is 0.595. The predicted octanol–water partition coefficient (Wildman–Crippen LogP) is 0.319. The number of aromatic nitrogens is 1. The minimum absolute atomic E-state index is 1.22. The molecule has 0 aliphatic carbocycles. The average molecular weight is 161 g/mol. The van der Waals surface area contributed by atoms with Crippen LogP contribution < -0.4 is 0 Å². The van der Waals surface area contributed by atoms with Gasteiger partial charge in [0.25, 0.3) is 0 Å². The van der Waals surface area contributed by atoms with E-state index in [1.807, 2.05) is 25.3 Å². The number of aromatic amines is 1. The molecule has 1 N–H and O–H groups in total. The van der Waals surface area contributed by atoms with E-state index in [0.29, 0.717) is 0 Å². The highest BCUT2D eigenvalue weighted by atomic mass is 32.2. The molecule has 0 spiro atoms. The van der Waals surface area contributed by atoms with Crippen molar-refractivity contribution >= 4 is 10.6 Å². The van der Waals surface area contributed by atoms with E-state index in [4.69, 9.17) is 12.6 Å². The van der Waals surface area contributed by atoms with Gasteiger partial charge in [-0.3, -0.25) is 0 Å². The molecular weight excluding hydrogens is 154 g/mol. The zero-order chi connectivity index (χ0) is 7.98. The van der Waals surface area contributed by atoms with E-state index in [2.05, 4.69) is 4.98 Å². The van der Waals surface area contributed by atoms with Gasteiger partial charge in [0, 0.05) is 11.9 Å². The van der Waals surface area contributed by atoms with Crippen molar-refractivity contribution in [1.29, 1.82) is 0 Å². The summed E-state index contributed by atoms with van der Waals surface area (Å²) < 4.78 is 25.3. The molecule has 0 saturated heterocycles. The normalized spacial score (nSPS) is 7.70. The summed E-state index contributed by atoms with van der Waals surface area (Å²) in [7, 11) is -3.11. The lowest BCUT2D eigenvalue weighted by molar-refractivity contribution is 0.559. The smallest absolute Gasteiger partial charge is 0.365 e. The van der Waals surface area contributed by atoms with Crippen LogP contribution in [0.4, 0.5) is 0 Å². The number of hydrogen-bond acceptors (Lipinski definition) is 3. The first-order valence-electron chi connectivity index (χ1n) is 2.49. The van der Waals surface area contributed by atoms with Gasteiger partial charge < -0.3 is 4.98 Å². The third-order valence-electron chi connectivity index (χ3n) is 0.753. The summed E-state index contributed by atoms with van der Waals surface area (Å²) in [5, 5.41) is 0. The Morgan fingerprint density at radius 1 is 1.40 bits per heavy atom. The van der Waals surface area contributed by atoms with Crippen LogP contribution >= 0.6 is 0 Å². The van der Waals surface area contributed by atoms with Gasteiger partial charge in [-0.05, 0) is 19.1 Å². The molecule has 56 valence electrons. The van der Waals surface area contributed by atoms with Crippen molar-refractivity contribution in [3.8, 4) is 0 Å². The van der Waals surface area contributed by atoms with E-state index < -0.39 is 10.6 Å². The van der Waals surface area contributed by atoms with Crippen molar-refractivity contribution in [3.63, 3.8) is 0 Å². The van der Waals surface area contributed by atoms with E-state index in [9.17, 15) is 0 Å². The Kier molecular flexibility index (Phi) is 4.23. The average Bonchev–Trinajstić information content (AvgIpc) is 2.15. The van der Waals surface area contributed by atoms with Gasteiger partial charge in [-0.15, -0.1) is 12.6 Å². The monoisotopic (exact) mass is 161 g/mol. The fourth-order valence-corrected chi connectivity index (χ4v) is 0.420. The van der Waals surface area contributed by atoms with Gasteiger partial charge in [-0.25, -0.2) is 0 Å². The van der Waals surface area contributed by atoms with Gasteiger partial charge in [0.15, 0.2) is 0 Å². The molecule has 1 heterocycles. The predicted molar refractivity (Wildman–Crippen MR) is 35.2 cm³/mol. The molecule has 0 aliphatic heterocycles. The van der Waals surface area contributed by atoms with E-state index in [0.717, 1.165) is 0 Å². The van der Waals surface area contributed by atoms with Crippen LogP contribution in [0.25, 0.3) is 0 Å². The van der Waals surface area contributed by atoms with Crippen LogP contribution in [0.2, 0.25) is 0 Å². The maximum Gasteiger partial charge on any atom is 0.425 e. The van der Waals surface area contributed by atoms with Gasteiger partial charge in [-0.2, -0.15) is 0 Å². The lowest BCUT2D eigenvalue weighted by atomic mass is 10.5. The highest BCUT2D eigenvalue weighted by Gasteiger charge is 1.72. The lowest BCUT2D eigenvalue weighted by Gasteiger charge is -1.70. The summed E-state index contributed by atoms with van der Waals surface area (Å²) in [6, 6.07) is 4.01. The topological polar surface area (TPSA) is 67.0 Å². The van der Waals surface area contributed by atoms with Crippen molar-refractivity contribution in [1.82, 2.24) is 4.98 Å². The molecule has 5 heteroatoms. The molecule has 1 rings (SSSR count). The first-order valence-corrected chi connectivity index (χ1v) is 3.49. The molecule has 0 unspecified atom stereocenters. The highest BCUT2D eigenvalue weighted by Crippen LogP contribution is 1.86. The van der Waals surface area contributed by atoms with Gasteiger partial charge in [0.1, 0.15) is 0 Å². The fraction of sp³-hybridized carbons (Fsp3) is 0.200. The van der Waals surface area contributed by atoms with Crippen LogP contribution in [0, 0.1) is 6.92 Å². The zero-order valence-corrected chi connectivity index (χ0v) is 6.18. The minimum atomic E-state index is -3.11.